The summed E-state index contributed by atoms with van der Waals surface area (Å²) in [6.45, 7) is 4.28. The second kappa shape index (κ2) is 8.95. The van der Waals surface area contributed by atoms with Crippen LogP contribution in [0.2, 0.25) is 0 Å². The van der Waals surface area contributed by atoms with Crippen LogP contribution < -0.4 is 0 Å². The zero-order valence-electron chi connectivity index (χ0n) is 17.4. The molecule has 1 fully saturated rings. The first-order valence-corrected chi connectivity index (χ1v) is 11.9. The monoisotopic (exact) mass is 412 g/mol. The molecule has 0 saturated heterocycles. The van der Waals surface area contributed by atoms with Crippen molar-refractivity contribution in [3.05, 3.63) is 59.2 Å². The minimum Gasteiger partial charge on any atom is -0.203 e. The summed E-state index contributed by atoms with van der Waals surface area (Å²) in [6, 6.07) is 11.8. The molecule has 154 valence electrons. The van der Waals surface area contributed by atoms with Gasteiger partial charge >= 0.3 is 0 Å². The van der Waals surface area contributed by atoms with Crippen molar-refractivity contribution < 1.29 is 8.78 Å². The molecule has 4 rings (SSSR count). The minimum absolute atomic E-state index is 0.158. The predicted octanol–water partition coefficient (Wildman–Crippen LogP) is 9.01. The fourth-order valence-electron chi connectivity index (χ4n) is 4.79. The number of thiophene rings is 1. The van der Waals surface area contributed by atoms with Gasteiger partial charge in [-0.15, -0.1) is 11.3 Å². The van der Waals surface area contributed by atoms with E-state index in [0.717, 1.165) is 46.6 Å². The Morgan fingerprint density at radius 3 is 2.48 bits per heavy atom. The molecule has 0 amide bonds. The van der Waals surface area contributed by atoms with Gasteiger partial charge in [-0.1, -0.05) is 56.9 Å². The van der Waals surface area contributed by atoms with Crippen molar-refractivity contribution in [2.75, 3.05) is 0 Å². The number of hydrogen-bond donors (Lipinski definition) is 0. The molecule has 1 aliphatic carbocycles. The van der Waals surface area contributed by atoms with Gasteiger partial charge in [0.1, 0.15) is 0 Å². The summed E-state index contributed by atoms with van der Waals surface area (Å²) in [7, 11) is 0. The summed E-state index contributed by atoms with van der Waals surface area (Å²) in [5, 5.41) is 1.08. The van der Waals surface area contributed by atoms with E-state index in [1.165, 1.54) is 42.6 Å². The lowest BCUT2D eigenvalue weighted by atomic mass is 9.76. The summed E-state index contributed by atoms with van der Waals surface area (Å²) in [6.07, 6.45) is 9.41. The molecule has 3 heteroatoms. The maximum atomic E-state index is 15.0. The van der Waals surface area contributed by atoms with E-state index in [4.69, 9.17) is 0 Å². The van der Waals surface area contributed by atoms with Gasteiger partial charge < -0.3 is 0 Å². The van der Waals surface area contributed by atoms with Crippen LogP contribution in [0.25, 0.3) is 20.5 Å². The molecule has 1 aromatic heterocycles. The zero-order chi connectivity index (χ0) is 20.4. The molecule has 0 spiro atoms. The molecule has 0 radical (unpaired) electrons. The first-order valence-electron chi connectivity index (χ1n) is 11.0. The number of aryl methyl sites for hydroxylation is 1. The number of hydrogen-bond acceptors (Lipinski definition) is 1. The maximum Gasteiger partial charge on any atom is 0.167 e. The maximum absolute atomic E-state index is 15.0. The Balaban J connectivity index is 1.51. The highest BCUT2D eigenvalue weighted by Gasteiger charge is 2.26. The van der Waals surface area contributed by atoms with E-state index in [-0.39, 0.29) is 5.92 Å². The van der Waals surface area contributed by atoms with Crippen molar-refractivity contribution in [3.63, 3.8) is 0 Å². The molecule has 1 saturated carbocycles. The molecule has 0 N–H and O–H groups in total. The third-order valence-corrected chi connectivity index (χ3v) is 7.69. The van der Waals surface area contributed by atoms with Crippen LogP contribution in [-0.4, -0.2) is 0 Å². The number of benzene rings is 2. The minimum atomic E-state index is -0.684. The van der Waals surface area contributed by atoms with Crippen LogP contribution in [-0.2, 0) is 0 Å². The highest BCUT2D eigenvalue weighted by atomic mass is 32.1. The van der Waals surface area contributed by atoms with Gasteiger partial charge in [-0.2, -0.15) is 0 Å². The summed E-state index contributed by atoms with van der Waals surface area (Å²) < 4.78 is 31.2. The Labute approximate surface area is 177 Å². The van der Waals surface area contributed by atoms with Crippen molar-refractivity contribution in [2.45, 2.75) is 71.1 Å². The Bertz CT molecular complexity index is 980. The SMILES string of the molecule is CCCCCC1CCC(c2ccc(-c3cc4ccc(C)cc4s3)c(F)c2F)CC1. The Morgan fingerprint density at radius 2 is 1.72 bits per heavy atom. The van der Waals surface area contributed by atoms with Gasteiger partial charge in [0, 0.05) is 15.1 Å². The number of halogens is 2. The van der Waals surface area contributed by atoms with Gasteiger partial charge in [0.15, 0.2) is 11.6 Å². The van der Waals surface area contributed by atoms with Gasteiger partial charge in [0.05, 0.1) is 0 Å². The molecule has 0 nitrogen and oxygen atoms in total. The Kier molecular flexibility index (Phi) is 6.34. The molecular weight excluding hydrogens is 382 g/mol. The smallest absolute Gasteiger partial charge is 0.167 e. The van der Waals surface area contributed by atoms with E-state index in [1.54, 1.807) is 6.07 Å². The van der Waals surface area contributed by atoms with E-state index in [9.17, 15) is 0 Å². The van der Waals surface area contributed by atoms with Crippen LogP contribution in [0.4, 0.5) is 8.78 Å². The lowest BCUT2D eigenvalue weighted by Gasteiger charge is -2.29. The summed E-state index contributed by atoms with van der Waals surface area (Å²) in [5.74, 6) is -0.389. The van der Waals surface area contributed by atoms with E-state index in [0.29, 0.717) is 11.1 Å². The third kappa shape index (κ3) is 4.40. The van der Waals surface area contributed by atoms with Crippen LogP contribution >= 0.6 is 11.3 Å². The van der Waals surface area contributed by atoms with Crippen LogP contribution in [0.1, 0.15) is 75.3 Å². The first-order chi connectivity index (χ1) is 14.1. The van der Waals surface area contributed by atoms with Crippen molar-refractivity contribution in [1.82, 2.24) is 0 Å². The van der Waals surface area contributed by atoms with Gasteiger partial charge in [0.2, 0.25) is 0 Å². The normalized spacial score (nSPS) is 19.7. The molecule has 1 aliphatic rings. The van der Waals surface area contributed by atoms with Crippen LogP contribution in [0.15, 0.2) is 36.4 Å². The predicted molar refractivity (Wildman–Crippen MR) is 121 cm³/mol. The topological polar surface area (TPSA) is 0 Å². The fourth-order valence-corrected chi connectivity index (χ4v) is 5.97. The van der Waals surface area contributed by atoms with E-state index in [1.807, 2.05) is 25.1 Å². The van der Waals surface area contributed by atoms with Crippen molar-refractivity contribution in [2.24, 2.45) is 5.92 Å². The van der Waals surface area contributed by atoms with E-state index >= 15 is 8.78 Å². The summed E-state index contributed by atoms with van der Waals surface area (Å²) in [5.41, 5.74) is 2.15. The standard InChI is InChI=1S/C26H30F2S/c1-3-4-5-6-18-8-11-19(12-9-18)21-13-14-22(26(28)25(21)27)24-16-20-10-7-17(2)15-23(20)29-24/h7,10,13-16,18-19H,3-6,8-9,11-12H2,1-2H3. The lowest BCUT2D eigenvalue weighted by molar-refractivity contribution is 0.298. The average molecular weight is 413 g/mol. The molecule has 2 aromatic carbocycles. The number of fused-ring (bicyclic) bond motifs is 1. The third-order valence-electron chi connectivity index (χ3n) is 6.56. The zero-order valence-corrected chi connectivity index (χ0v) is 18.3. The van der Waals surface area contributed by atoms with Crippen LogP contribution in [0.3, 0.4) is 0 Å². The van der Waals surface area contributed by atoms with Gasteiger partial charge in [-0.05, 0) is 73.1 Å². The number of rotatable bonds is 6. The van der Waals surface area contributed by atoms with Crippen LogP contribution in [0, 0.1) is 24.5 Å². The van der Waals surface area contributed by atoms with Gasteiger partial charge in [0.25, 0.3) is 0 Å². The molecular formula is C26H30F2S. The second-order valence-corrected chi connectivity index (χ2v) is 9.78. The fraction of sp³-hybridized carbons (Fsp3) is 0.462. The van der Waals surface area contributed by atoms with E-state index in [2.05, 4.69) is 19.1 Å². The van der Waals surface area contributed by atoms with Crippen molar-refractivity contribution >= 4 is 21.4 Å². The highest BCUT2D eigenvalue weighted by molar-refractivity contribution is 7.22. The quantitative estimate of drug-likeness (QED) is 0.354. The lowest BCUT2D eigenvalue weighted by Crippen LogP contribution is -2.15. The van der Waals surface area contributed by atoms with Gasteiger partial charge in [-0.25, -0.2) is 8.78 Å². The van der Waals surface area contributed by atoms with Gasteiger partial charge in [-0.3, -0.25) is 0 Å². The summed E-state index contributed by atoms with van der Waals surface area (Å²) in [4.78, 5) is 0.799. The Morgan fingerprint density at radius 1 is 0.931 bits per heavy atom. The molecule has 0 atom stereocenters. The van der Waals surface area contributed by atoms with Crippen molar-refractivity contribution in [1.29, 1.82) is 0 Å². The largest absolute Gasteiger partial charge is 0.203 e. The highest BCUT2D eigenvalue weighted by Crippen LogP contribution is 2.41. The molecule has 3 aromatic rings. The Hall–Kier alpha value is -1.74. The molecule has 29 heavy (non-hydrogen) atoms. The first kappa shape index (κ1) is 20.5. The molecule has 1 heterocycles. The summed E-state index contributed by atoms with van der Waals surface area (Å²) >= 11 is 1.53. The van der Waals surface area contributed by atoms with E-state index < -0.39 is 11.6 Å². The molecule has 0 bridgehead atoms. The average Bonchev–Trinajstić information content (AvgIpc) is 3.13. The van der Waals surface area contributed by atoms with Crippen molar-refractivity contribution in [3.8, 4) is 10.4 Å². The second-order valence-electron chi connectivity index (χ2n) is 8.70. The molecule has 0 aliphatic heterocycles. The number of unbranched alkanes of at least 4 members (excludes halogenated alkanes) is 2. The van der Waals surface area contributed by atoms with Crippen LogP contribution in [0.5, 0.6) is 0 Å². The molecule has 0 unspecified atom stereocenters.